The van der Waals surface area contributed by atoms with Gasteiger partial charge >= 0.3 is 0 Å². The standard InChI is InChI=1S/C23H28ClN5O2/c1-16(14-17(2)30-3)28-10-8-18(9-11-28)26-23-25-15-21-22(27-23)29(12-13-31-21)20-7-5-4-6-19(20)24/h4-7,14-15,18H,1,8-13H2,2-3H3,(H,25,26,27). The number of nitrogens with zero attached hydrogens (tertiary/aromatic N) is 4. The van der Waals surface area contributed by atoms with Crippen molar-refractivity contribution in [3.63, 3.8) is 0 Å². The van der Waals surface area contributed by atoms with Crippen LogP contribution in [0.15, 0.2) is 54.6 Å². The van der Waals surface area contributed by atoms with Crippen LogP contribution in [0.2, 0.25) is 5.02 Å². The first-order valence-electron chi connectivity index (χ1n) is 10.5. The van der Waals surface area contributed by atoms with E-state index in [2.05, 4.69) is 26.7 Å². The highest BCUT2D eigenvalue weighted by atomic mass is 35.5. The van der Waals surface area contributed by atoms with Crippen LogP contribution in [-0.2, 0) is 4.74 Å². The fourth-order valence-electron chi connectivity index (χ4n) is 3.86. The predicted octanol–water partition coefficient (Wildman–Crippen LogP) is 4.60. The number of allylic oxidation sites excluding steroid dienone is 2. The number of hydrogen-bond donors (Lipinski definition) is 1. The lowest BCUT2D eigenvalue weighted by Crippen LogP contribution is -2.38. The van der Waals surface area contributed by atoms with E-state index in [1.807, 2.05) is 37.3 Å². The number of aromatic nitrogens is 2. The summed E-state index contributed by atoms with van der Waals surface area (Å²) in [7, 11) is 1.67. The minimum Gasteiger partial charge on any atom is -0.501 e. The van der Waals surface area contributed by atoms with E-state index in [9.17, 15) is 0 Å². The summed E-state index contributed by atoms with van der Waals surface area (Å²) in [5, 5.41) is 4.18. The largest absolute Gasteiger partial charge is 0.501 e. The van der Waals surface area contributed by atoms with E-state index < -0.39 is 0 Å². The molecular weight excluding hydrogens is 414 g/mol. The van der Waals surface area contributed by atoms with Crippen LogP contribution >= 0.6 is 11.6 Å². The van der Waals surface area contributed by atoms with Gasteiger partial charge in [0.2, 0.25) is 5.95 Å². The molecule has 7 nitrogen and oxygen atoms in total. The van der Waals surface area contributed by atoms with E-state index >= 15 is 0 Å². The lowest BCUT2D eigenvalue weighted by molar-refractivity contribution is 0.269. The van der Waals surface area contributed by atoms with Gasteiger partial charge in [-0.15, -0.1) is 0 Å². The lowest BCUT2D eigenvalue weighted by atomic mass is 10.0. The SMILES string of the molecule is C=C(C=C(C)OC)N1CCC(Nc2ncc3c(n2)N(c2ccccc2Cl)CCO3)CC1. The van der Waals surface area contributed by atoms with E-state index in [1.54, 1.807) is 13.3 Å². The van der Waals surface area contributed by atoms with Gasteiger partial charge in [0.05, 0.1) is 36.3 Å². The number of nitrogens with one attached hydrogen (secondary N) is 1. The first-order valence-corrected chi connectivity index (χ1v) is 10.9. The fraction of sp³-hybridized carbons (Fsp3) is 0.391. The number of para-hydroxylation sites is 1. The Labute approximate surface area is 188 Å². The predicted molar refractivity (Wildman–Crippen MR) is 124 cm³/mol. The minimum absolute atomic E-state index is 0.299. The van der Waals surface area contributed by atoms with Crippen LogP contribution < -0.4 is 15.0 Å². The second-order valence-corrected chi connectivity index (χ2v) is 8.10. The molecule has 0 aliphatic carbocycles. The van der Waals surface area contributed by atoms with Gasteiger partial charge in [-0.05, 0) is 38.0 Å². The Balaban J connectivity index is 1.44. The molecule has 2 aromatic rings. The van der Waals surface area contributed by atoms with Gasteiger partial charge < -0.3 is 24.6 Å². The van der Waals surface area contributed by atoms with Crippen LogP contribution in [-0.4, -0.2) is 54.3 Å². The Kier molecular flexibility index (Phi) is 6.51. The Morgan fingerprint density at radius 1 is 1.29 bits per heavy atom. The van der Waals surface area contributed by atoms with Crippen molar-refractivity contribution in [1.82, 2.24) is 14.9 Å². The molecule has 2 aliphatic heterocycles. The van der Waals surface area contributed by atoms with Crippen molar-refractivity contribution in [2.45, 2.75) is 25.8 Å². The van der Waals surface area contributed by atoms with Gasteiger partial charge in [0.15, 0.2) is 11.6 Å². The van der Waals surface area contributed by atoms with Crippen molar-refractivity contribution in [3.8, 4) is 5.75 Å². The first kappa shape index (κ1) is 21.3. The van der Waals surface area contributed by atoms with Crippen LogP contribution in [0.1, 0.15) is 19.8 Å². The molecule has 1 N–H and O–H groups in total. The van der Waals surface area contributed by atoms with E-state index in [0.29, 0.717) is 35.9 Å². The van der Waals surface area contributed by atoms with Crippen LogP contribution in [0.3, 0.4) is 0 Å². The summed E-state index contributed by atoms with van der Waals surface area (Å²) in [6.45, 7) is 9.18. The van der Waals surface area contributed by atoms with Crippen LogP contribution in [0.5, 0.6) is 5.75 Å². The van der Waals surface area contributed by atoms with E-state index in [-0.39, 0.29) is 0 Å². The highest BCUT2D eigenvalue weighted by Crippen LogP contribution is 2.38. The summed E-state index contributed by atoms with van der Waals surface area (Å²) >= 11 is 6.43. The average molecular weight is 442 g/mol. The molecular formula is C23H28ClN5O2. The van der Waals surface area contributed by atoms with E-state index in [1.165, 1.54) is 0 Å². The quantitative estimate of drug-likeness (QED) is 0.519. The number of halogens is 1. The maximum absolute atomic E-state index is 6.43. The monoisotopic (exact) mass is 441 g/mol. The fourth-order valence-corrected chi connectivity index (χ4v) is 4.10. The van der Waals surface area contributed by atoms with E-state index in [0.717, 1.165) is 48.9 Å². The number of fused-ring (bicyclic) bond motifs is 1. The molecule has 31 heavy (non-hydrogen) atoms. The zero-order chi connectivity index (χ0) is 21.8. The summed E-state index contributed by atoms with van der Waals surface area (Å²) in [5.74, 6) is 2.87. The Morgan fingerprint density at radius 3 is 2.81 bits per heavy atom. The van der Waals surface area contributed by atoms with Crippen LogP contribution in [0, 0.1) is 0 Å². The van der Waals surface area contributed by atoms with Gasteiger partial charge in [0.25, 0.3) is 0 Å². The third-order valence-electron chi connectivity index (χ3n) is 5.63. The summed E-state index contributed by atoms with van der Waals surface area (Å²) in [6, 6.07) is 8.08. The normalized spacial score (nSPS) is 17.1. The highest BCUT2D eigenvalue weighted by molar-refractivity contribution is 6.33. The molecule has 2 aliphatic rings. The molecule has 0 radical (unpaired) electrons. The average Bonchev–Trinajstić information content (AvgIpc) is 2.79. The number of rotatable bonds is 6. The Bertz CT molecular complexity index is 972. The van der Waals surface area contributed by atoms with Crippen LogP contribution in [0.25, 0.3) is 0 Å². The highest BCUT2D eigenvalue weighted by Gasteiger charge is 2.25. The minimum atomic E-state index is 0.299. The molecule has 1 aromatic heterocycles. The molecule has 0 saturated carbocycles. The number of ether oxygens (including phenoxy) is 2. The number of anilines is 3. The molecule has 0 spiro atoms. The number of methoxy groups -OCH3 is 1. The third-order valence-corrected chi connectivity index (χ3v) is 5.95. The second-order valence-electron chi connectivity index (χ2n) is 7.69. The third kappa shape index (κ3) is 4.88. The zero-order valence-corrected chi connectivity index (χ0v) is 18.7. The smallest absolute Gasteiger partial charge is 0.225 e. The number of hydrogen-bond acceptors (Lipinski definition) is 7. The summed E-state index contributed by atoms with van der Waals surface area (Å²) < 4.78 is 11.0. The molecule has 0 unspecified atom stereocenters. The Hall–Kier alpha value is -2.93. The number of benzene rings is 1. The first-order chi connectivity index (χ1) is 15.0. The van der Waals surface area contributed by atoms with Crippen molar-refractivity contribution in [1.29, 1.82) is 0 Å². The van der Waals surface area contributed by atoms with Crippen molar-refractivity contribution in [2.75, 3.05) is 43.6 Å². The second kappa shape index (κ2) is 9.47. The number of piperidine rings is 1. The van der Waals surface area contributed by atoms with Crippen molar-refractivity contribution < 1.29 is 9.47 Å². The Morgan fingerprint density at radius 2 is 2.06 bits per heavy atom. The molecule has 8 heteroatoms. The lowest BCUT2D eigenvalue weighted by Gasteiger charge is -2.34. The molecule has 3 heterocycles. The van der Waals surface area contributed by atoms with Crippen molar-refractivity contribution >= 4 is 29.1 Å². The molecule has 1 aromatic carbocycles. The topological polar surface area (TPSA) is 62.8 Å². The van der Waals surface area contributed by atoms with E-state index in [4.69, 9.17) is 26.1 Å². The molecule has 1 saturated heterocycles. The van der Waals surface area contributed by atoms with Crippen molar-refractivity contribution in [2.24, 2.45) is 0 Å². The van der Waals surface area contributed by atoms with Gasteiger partial charge in [-0.3, -0.25) is 0 Å². The van der Waals surface area contributed by atoms with Gasteiger partial charge in [-0.25, -0.2) is 4.98 Å². The van der Waals surface area contributed by atoms with Gasteiger partial charge in [-0.2, -0.15) is 4.98 Å². The molecule has 1 fully saturated rings. The van der Waals surface area contributed by atoms with Gasteiger partial charge in [-0.1, -0.05) is 30.3 Å². The molecule has 0 bridgehead atoms. The number of likely N-dealkylation sites (tertiary alicyclic amines) is 1. The van der Waals surface area contributed by atoms with Crippen LogP contribution in [0.4, 0.5) is 17.5 Å². The van der Waals surface area contributed by atoms with Gasteiger partial charge in [0.1, 0.15) is 6.61 Å². The molecule has 164 valence electrons. The van der Waals surface area contributed by atoms with Crippen molar-refractivity contribution in [3.05, 3.63) is 59.6 Å². The van der Waals surface area contributed by atoms with Gasteiger partial charge in [0, 0.05) is 24.8 Å². The summed E-state index contributed by atoms with van der Waals surface area (Å²) in [5.41, 5.74) is 1.90. The molecule has 0 atom stereocenters. The summed E-state index contributed by atoms with van der Waals surface area (Å²) in [6.07, 6.45) is 5.67. The summed E-state index contributed by atoms with van der Waals surface area (Å²) in [4.78, 5) is 13.6. The molecule has 0 amide bonds. The molecule has 4 rings (SSSR count). The maximum atomic E-state index is 6.43. The zero-order valence-electron chi connectivity index (χ0n) is 18.0. The maximum Gasteiger partial charge on any atom is 0.225 e.